The Morgan fingerprint density at radius 2 is 1.85 bits per heavy atom. The summed E-state index contributed by atoms with van der Waals surface area (Å²) in [6.07, 6.45) is 3.59. The van der Waals surface area contributed by atoms with Crippen molar-refractivity contribution >= 4 is 23.0 Å². The summed E-state index contributed by atoms with van der Waals surface area (Å²) >= 11 is 0. The van der Waals surface area contributed by atoms with E-state index in [2.05, 4.69) is 44.6 Å². The predicted octanol–water partition coefficient (Wildman–Crippen LogP) is 2.50. The fourth-order valence-corrected chi connectivity index (χ4v) is 2.93. The maximum atomic E-state index is 6.24. The lowest BCUT2D eigenvalue weighted by molar-refractivity contribution is 0.0378. The Balaban J connectivity index is 1.52. The molecule has 0 atom stereocenters. The number of nitrogens with one attached hydrogen (secondary N) is 2. The molecule has 1 aliphatic heterocycles. The third kappa shape index (κ3) is 5.06. The van der Waals surface area contributed by atoms with E-state index in [1.165, 1.54) is 11.9 Å². The number of aryl methyl sites for hydroxylation is 1. The van der Waals surface area contributed by atoms with Gasteiger partial charge in [0.15, 0.2) is 11.6 Å². The van der Waals surface area contributed by atoms with Gasteiger partial charge in [0.2, 0.25) is 0 Å². The topological polar surface area (TPSA) is 88.3 Å². The summed E-state index contributed by atoms with van der Waals surface area (Å²) in [6, 6.07) is 8.28. The predicted molar refractivity (Wildman–Crippen MR) is 106 cm³/mol. The monoisotopic (exact) mass is 356 g/mol. The van der Waals surface area contributed by atoms with Crippen molar-refractivity contribution in [1.29, 1.82) is 0 Å². The van der Waals surface area contributed by atoms with Gasteiger partial charge in [0.05, 0.1) is 13.2 Å². The summed E-state index contributed by atoms with van der Waals surface area (Å²) < 4.78 is 5.37. The SMILES string of the molecule is CCc1ccc(Nc2ncnc(NCCCN3CCOCC3)c2N)cc1. The van der Waals surface area contributed by atoms with E-state index in [9.17, 15) is 0 Å². The minimum Gasteiger partial charge on any atom is -0.393 e. The molecule has 7 heteroatoms. The fraction of sp³-hybridized carbons (Fsp3) is 0.474. The van der Waals surface area contributed by atoms with E-state index < -0.39 is 0 Å². The smallest absolute Gasteiger partial charge is 0.159 e. The molecule has 0 bridgehead atoms. The summed E-state index contributed by atoms with van der Waals surface area (Å²) in [7, 11) is 0. The number of hydrogen-bond donors (Lipinski definition) is 3. The second-order valence-corrected chi connectivity index (χ2v) is 6.39. The second kappa shape index (κ2) is 9.35. The summed E-state index contributed by atoms with van der Waals surface area (Å²) in [5, 5.41) is 6.59. The molecule has 4 N–H and O–H groups in total. The minimum atomic E-state index is 0.540. The van der Waals surface area contributed by atoms with Crippen LogP contribution in [0.1, 0.15) is 18.9 Å². The Morgan fingerprint density at radius 3 is 2.58 bits per heavy atom. The van der Waals surface area contributed by atoms with Crippen LogP contribution in [0.4, 0.5) is 23.0 Å². The number of nitrogen functional groups attached to an aromatic ring is 1. The Hall–Kier alpha value is -2.38. The molecule has 0 aliphatic carbocycles. The van der Waals surface area contributed by atoms with Crippen LogP contribution in [0.15, 0.2) is 30.6 Å². The normalized spacial score (nSPS) is 15.0. The number of nitrogens with zero attached hydrogens (tertiary/aromatic N) is 3. The van der Waals surface area contributed by atoms with Gasteiger partial charge in [0.25, 0.3) is 0 Å². The summed E-state index contributed by atoms with van der Waals surface area (Å²) in [6.45, 7) is 7.71. The largest absolute Gasteiger partial charge is 0.393 e. The van der Waals surface area contributed by atoms with E-state index in [1.54, 1.807) is 0 Å². The molecule has 140 valence electrons. The lowest BCUT2D eigenvalue weighted by Gasteiger charge is -2.26. The molecule has 3 rings (SSSR count). The van der Waals surface area contributed by atoms with Gasteiger partial charge in [-0.2, -0.15) is 0 Å². The van der Waals surface area contributed by atoms with E-state index in [-0.39, 0.29) is 0 Å². The number of benzene rings is 1. The quantitative estimate of drug-likeness (QED) is 0.626. The summed E-state index contributed by atoms with van der Waals surface area (Å²) in [5.74, 6) is 1.30. The lowest BCUT2D eigenvalue weighted by Crippen LogP contribution is -2.37. The van der Waals surface area contributed by atoms with Crippen LogP contribution in [-0.4, -0.2) is 54.3 Å². The first-order valence-corrected chi connectivity index (χ1v) is 9.26. The molecule has 2 heterocycles. The Labute approximate surface area is 155 Å². The van der Waals surface area contributed by atoms with E-state index >= 15 is 0 Å². The second-order valence-electron chi connectivity index (χ2n) is 6.39. The first kappa shape index (κ1) is 18.4. The van der Waals surface area contributed by atoms with Crippen molar-refractivity contribution in [1.82, 2.24) is 14.9 Å². The zero-order valence-corrected chi connectivity index (χ0v) is 15.4. The molecule has 0 radical (unpaired) electrons. The van der Waals surface area contributed by atoms with Crippen molar-refractivity contribution in [2.24, 2.45) is 0 Å². The Bertz CT molecular complexity index is 685. The van der Waals surface area contributed by atoms with Gasteiger partial charge in [0, 0.05) is 25.3 Å². The number of anilines is 4. The number of ether oxygens (including phenoxy) is 1. The van der Waals surface area contributed by atoms with E-state index in [1.807, 2.05) is 12.1 Å². The van der Waals surface area contributed by atoms with Crippen molar-refractivity contribution in [2.45, 2.75) is 19.8 Å². The van der Waals surface area contributed by atoms with E-state index in [0.717, 1.165) is 57.9 Å². The number of rotatable bonds is 8. The first-order valence-electron chi connectivity index (χ1n) is 9.26. The zero-order chi connectivity index (χ0) is 18.2. The van der Waals surface area contributed by atoms with E-state index in [4.69, 9.17) is 10.5 Å². The van der Waals surface area contributed by atoms with Crippen LogP contribution in [0.25, 0.3) is 0 Å². The average molecular weight is 356 g/mol. The summed E-state index contributed by atoms with van der Waals surface area (Å²) in [5.41, 5.74) is 9.04. The van der Waals surface area contributed by atoms with Gasteiger partial charge in [-0.05, 0) is 37.1 Å². The van der Waals surface area contributed by atoms with Crippen molar-refractivity contribution in [3.05, 3.63) is 36.2 Å². The standard InChI is InChI=1S/C19H28N6O/c1-2-15-4-6-16(7-5-15)24-19-17(20)18(22-14-23-19)21-8-3-9-25-10-12-26-13-11-25/h4-7,14H,2-3,8-13,20H2,1H3,(H2,21,22,23,24). The van der Waals surface area contributed by atoms with Gasteiger partial charge in [-0.1, -0.05) is 19.1 Å². The highest BCUT2D eigenvalue weighted by Crippen LogP contribution is 2.25. The molecular formula is C19H28N6O. The molecule has 26 heavy (non-hydrogen) atoms. The molecular weight excluding hydrogens is 328 g/mol. The highest BCUT2D eigenvalue weighted by molar-refractivity contribution is 5.77. The van der Waals surface area contributed by atoms with Crippen LogP contribution in [0.5, 0.6) is 0 Å². The minimum absolute atomic E-state index is 0.540. The van der Waals surface area contributed by atoms with Gasteiger partial charge in [-0.3, -0.25) is 4.90 Å². The number of nitrogens with two attached hydrogens (primary N) is 1. The Kier molecular flexibility index (Phi) is 6.62. The number of morpholine rings is 1. The highest BCUT2D eigenvalue weighted by Gasteiger charge is 2.11. The third-order valence-corrected chi connectivity index (χ3v) is 4.56. The molecule has 1 fully saturated rings. The van der Waals surface area contributed by atoms with Crippen LogP contribution in [0, 0.1) is 0 Å². The third-order valence-electron chi connectivity index (χ3n) is 4.56. The maximum absolute atomic E-state index is 6.24. The molecule has 1 saturated heterocycles. The fourth-order valence-electron chi connectivity index (χ4n) is 2.93. The number of aromatic nitrogens is 2. The van der Waals surface area contributed by atoms with Gasteiger partial charge in [-0.15, -0.1) is 0 Å². The van der Waals surface area contributed by atoms with Crippen LogP contribution < -0.4 is 16.4 Å². The molecule has 0 saturated carbocycles. The molecule has 1 aliphatic rings. The van der Waals surface area contributed by atoms with Crippen molar-refractivity contribution < 1.29 is 4.74 Å². The van der Waals surface area contributed by atoms with Crippen molar-refractivity contribution in [2.75, 3.05) is 55.8 Å². The van der Waals surface area contributed by atoms with Gasteiger partial charge < -0.3 is 21.1 Å². The van der Waals surface area contributed by atoms with Crippen LogP contribution in [-0.2, 0) is 11.2 Å². The van der Waals surface area contributed by atoms with Crippen molar-refractivity contribution in [3.8, 4) is 0 Å². The van der Waals surface area contributed by atoms with Crippen LogP contribution >= 0.6 is 0 Å². The average Bonchev–Trinajstić information content (AvgIpc) is 2.69. The van der Waals surface area contributed by atoms with E-state index in [0.29, 0.717) is 17.3 Å². The first-order chi connectivity index (χ1) is 12.8. The zero-order valence-electron chi connectivity index (χ0n) is 15.4. The van der Waals surface area contributed by atoms with Gasteiger partial charge in [-0.25, -0.2) is 9.97 Å². The van der Waals surface area contributed by atoms with Crippen LogP contribution in [0.2, 0.25) is 0 Å². The lowest BCUT2D eigenvalue weighted by atomic mass is 10.1. The molecule has 0 spiro atoms. The number of hydrogen-bond acceptors (Lipinski definition) is 7. The van der Waals surface area contributed by atoms with Crippen LogP contribution in [0.3, 0.4) is 0 Å². The molecule has 1 aromatic heterocycles. The molecule has 0 unspecified atom stereocenters. The maximum Gasteiger partial charge on any atom is 0.159 e. The Morgan fingerprint density at radius 1 is 1.12 bits per heavy atom. The molecule has 2 aromatic rings. The van der Waals surface area contributed by atoms with Gasteiger partial charge in [0.1, 0.15) is 12.0 Å². The van der Waals surface area contributed by atoms with Crippen molar-refractivity contribution in [3.63, 3.8) is 0 Å². The summed E-state index contributed by atoms with van der Waals surface area (Å²) in [4.78, 5) is 11.0. The molecule has 1 aromatic carbocycles. The van der Waals surface area contributed by atoms with Gasteiger partial charge >= 0.3 is 0 Å². The molecule has 7 nitrogen and oxygen atoms in total. The highest BCUT2D eigenvalue weighted by atomic mass is 16.5. The molecule has 0 amide bonds.